The predicted octanol–water partition coefficient (Wildman–Crippen LogP) is 4.05. The number of aromatic nitrogens is 3. The molecule has 3 rings (SSSR count). The monoisotopic (exact) mass is 360 g/mol. The molecule has 0 atom stereocenters. The van der Waals surface area contributed by atoms with Gasteiger partial charge in [0, 0.05) is 17.0 Å². The molecule has 0 aromatic carbocycles. The van der Waals surface area contributed by atoms with Crippen LogP contribution >= 0.6 is 23.5 Å². The number of nitrogens with two attached hydrogens (primary N) is 1. The first-order valence-corrected chi connectivity index (χ1v) is 9.83. The highest BCUT2D eigenvalue weighted by molar-refractivity contribution is 8.07. The maximum atomic E-state index is 6.47. The van der Waals surface area contributed by atoms with Crippen LogP contribution in [0.2, 0.25) is 0 Å². The highest BCUT2D eigenvalue weighted by Crippen LogP contribution is 2.40. The minimum absolute atomic E-state index is 0.492. The Morgan fingerprint density at radius 3 is 2.67 bits per heavy atom. The van der Waals surface area contributed by atoms with Gasteiger partial charge in [-0.05, 0) is 45.1 Å². The van der Waals surface area contributed by atoms with Crippen molar-refractivity contribution in [2.24, 2.45) is 5.73 Å². The number of nitrogens with zero attached hydrogens (tertiary/aromatic N) is 3. The summed E-state index contributed by atoms with van der Waals surface area (Å²) in [4.78, 5) is 10.2. The Bertz CT molecular complexity index is 868. The molecular weight excluding hydrogens is 340 g/mol. The van der Waals surface area contributed by atoms with Crippen LogP contribution in [0.1, 0.15) is 41.0 Å². The molecule has 7 heteroatoms. The van der Waals surface area contributed by atoms with E-state index in [1.807, 2.05) is 26.2 Å². The molecule has 3 heterocycles. The molecule has 2 N–H and O–H groups in total. The Kier molecular flexibility index (Phi) is 4.73. The zero-order chi connectivity index (χ0) is 17.4. The number of thioether (sulfide) groups is 2. The zero-order valence-electron chi connectivity index (χ0n) is 14.4. The van der Waals surface area contributed by atoms with E-state index in [0.29, 0.717) is 23.2 Å². The maximum absolute atomic E-state index is 6.47. The van der Waals surface area contributed by atoms with Crippen LogP contribution in [0.5, 0.6) is 0 Å². The Balaban J connectivity index is 2.10. The summed E-state index contributed by atoms with van der Waals surface area (Å²) < 4.78 is 5.48. The van der Waals surface area contributed by atoms with Gasteiger partial charge in [-0.1, -0.05) is 11.2 Å². The van der Waals surface area contributed by atoms with E-state index in [1.165, 1.54) is 5.56 Å². The minimum atomic E-state index is 0.492. The van der Waals surface area contributed by atoms with Gasteiger partial charge in [0.2, 0.25) is 5.82 Å². The van der Waals surface area contributed by atoms with Crippen LogP contribution in [0.3, 0.4) is 0 Å². The number of aryl methyl sites for hydroxylation is 1. The van der Waals surface area contributed by atoms with E-state index in [9.17, 15) is 0 Å². The number of pyridine rings is 1. The quantitative estimate of drug-likeness (QED) is 0.884. The van der Waals surface area contributed by atoms with Gasteiger partial charge >= 0.3 is 0 Å². The molecule has 1 aliphatic rings. The lowest BCUT2D eigenvalue weighted by Crippen LogP contribution is -2.13. The third-order valence-electron chi connectivity index (χ3n) is 4.30. The fraction of sp³-hybridized carbons (Fsp3) is 0.353. The Morgan fingerprint density at radius 2 is 2.00 bits per heavy atom. The first-order chi connectivity index (χ1) is 11.5. The molecule has 2 aromatic heterocycles. The van der Waals surface area contributed by atoms with Gasteiger partial charge in [0.05, 0.1) is 16.2 Å². The SMILES string of the molecule is C/C=C(\SC)c1noc(C2=C(N)c3c(nc(C)c(C)c3C)SC2)n1. The molecule has 0 saturated heterocycles. The van der Waals surface area contributed by atoms with Crippen molar-refractivity contribution in [1.29, 1.82) is 0 Å². The third-order valence-corrected chi connectivity index (χ3v) is 6.16. The lowest BCUT2D eigenvalue weighted by atomic mass is 9.99. The van der Waals surface area contributed by atoms with E-state index >= 15 is 0 Å². The van der Waals surface area contributed by atoms with Crippen molar-refractivity contribution in [2.75, 3.05) is 12.0 Å². The topological polar surface area (TPSA) is 77.8 Å². The molecule has 0 spiro atoms. The molecule has 0 bridgehead atoms. The molecule has 0 radical (unpaired) electrons. The number of allylic oxidation sites excluding steroid dienone is 1. The second-order valence-corrected chi connectivity index (χ2v) is 7.40. The van der Waals surface area contributed by atoms with Gasteiger partial charge < -0.3 is 10.3 Å². The molecule has 5 nitrogen and oxygen atoms in total. The summed E-state index contributed by atoms with van der Waals surface area (Å²) >= 11 is 3.26. The smallest absolute Gasteiger partial charge is 0.257 e. The first-order valence-electron chi connectivity index (χ1n) is 7.62. The van der Waals surface area contributed by atoms with E-state index in [1.54, 1.807) is 23.5 Å². The number of fused-ring (bicyclic) bond motifs is 1. The molecule has 0 fully saturated rings. The first kappa shape index (κ1) is 17.1. The molecule has 0 unspecified atom stereocenters. The molecule has 0 saturated carbocycles. The van der Waals surface area contributed by atoms with E-state index < -0.39 is 0 Å². The lowest BCUT2D eigenvalue weighted by Gasteiger charge is -2.21. The summed E-state index contributed by atoms with van der Waals surface area (Å²) in [5.41, 5.74) is 12.4. The summed E-state index contributed by atoms with van der Waals surface area (Å²) in [5, 5.41) is 5.07. The standard InChI is InChI=1S/C17H20N4OS2/c1-6-12(23-5)15-20-16(22-21-15)11-7-24-17-13(14(11)18)9(3)8(2)10(4)19-17/h6H,7,18H2,1-5H3/b12-6-. The van der Waals surface area contributed by atoms with Gasteiger partial charge in [0.1, 0.15) is 5.03 Å². The van der Waals surface area contributed by atoms with Crippen molar-refractivity contribution in [3.8, 4) is 0 Å². The van der Waals surface area contributed by atoms with E-state index in [0.717, 1.165) is 32.3 Å². The van der Waals surface area contributed by atoms with Crippen molar-refractivity contribution in [3.05, 3.63) is 40.2 Å². The zero-order valence-corrected chi connectivity index (χ0v) is 16.1. The number of hydrogen-bond acceptors (Lipinski definition) is 7. The van der Waals surface area contributed by atoms with Gasteiger partial charge in [-0.2, -0.15) is 4.98 Å². The van der Waals surface area contributed by atoms with Gasteiger partial charge in [-0.15, -0.1) is 23.5 Å². The summed E-state index contributed by atoms with van der Waals surface area (Å²) in [6.07, 6.45) is 3.97. The second kappa shape index (κ2) is 6.64. The van der Waals surface area contributed by atoms with Crippen LogP contribution in [0, 0.1) is 20.8 Å². The molecule has 0 aliphatic carbocycles. The second-order valence-electron chi connectivity index (χ2n) is 5.59. The molecule has 1 aliphatic heterocycles. The average molecular weight is 361 g/mol. The number of rotatable bonds is 3. The third kappa shape index (κ3) is 2.75. The van der Waals surface area contributed by atoms with Gasteiger partial charge in [0.25, 0.3) is 5.89 Å². The largest absolute Gasteiger partial charge is 0.398 e. The Morgan fingerprint density at radius 1 is 1.25 bits per heavy atom. The van der Waals surface area contributed by atoms with Crippen LogP contribution in [-0.4, -0.2) is 27.1 Å². The van der Waals surface area contributed by atoms with Crippen molar-refractivity contribution in [1.82, 2.24) is 15.1 Å². The van der Waals surface area contributed by atoms with Gasteiger partial charge in [0.15, 0.2) is 0 Å². The van der Waals surface area contributed by atoms with Crippen molar-refractivity contribution < 1.29 is 4.52 Å². The molecule has 24 heavy (non-hydrogen) atoms. The predicted molar refractivity (Wildman–Crippen MR) is 102 cm³/mol. The van der Waals surface area contributed by atoms with Crippen LogP contribution in [0.15, 0.2) is 15.6 Å². The van der Waals surface area contributed by atoms with Crippen molar-refractivity contribution in [3.63, 3.8) is 0 Å². The number of hydrogen-bond donors (Lipinski definition) is 1. The lowest BCUT2D eigenvalue weighted by molar-refractivity contribution is 0.405. The molecule has 2 aromatic rings. The summed E-state index contributed by atoms with van der Waals surface area (Å²) in [6.45, 7) is 8.15. The Hall–Kier alpha value is -1.73. The van der Waals surface area contributed by atoms with Crippen molar-refractivity contribution in [2.45, 2.75) is 32.7 Å². The fourth-order valence-electron chi connectivity index (χ4n) is 2.66. The molecular formula is C17H20N4OS2. The molecule has 0 amide bonds. The normalized spacial score (nSPS) is 15.0. The van der Waals surface area contributed by atoms with Crippen LogP contribution < -0.4 is 5.73 Å². The summed E-state index contributed by atoms with van der Waals surface area (Å²) in [6, 6.07) is 0. The van der Waals surface area contributed by atoms with Crippen molar-refractivity contribution >= 4 is 39.7 Å². The molecule has 126 valence electrons. The highest BCUT2D eigenvalue weighted by atomic mass is 32.2. The maximum Gasteiger partial charge on any atom is 0.257 e. The summed E-state index contributed by atoms with van der Waals surface area (Å²) in [7, 11) is 0. The fourth-order valence-corrected chi connectivity index (χ4v) is 4.33. The van der Waals surface area contributed by atoms with E-state index in [-0.39, 0.29) is 0 Å². The highest BCUT2D eigenvalue weighted by Gasteiger charge is 2.26. The summed E-state index contributed by atoms with van der Waals surface area (Å²) in [5.74, 6) is 1.78. The Labute approximate surface area is 150 Å². The minimum Gasteiger partial charge on any atom is -0.398 e. The van der Waals surface area contributed by atoms with Crippen LogP contribution in [-0.2, 0) is 0 Å². The van der Waals surface area contributed by atoms with Crippen LogP contribution in [0.4, 0.5) is 0 Å². The van der Waals surface area contributed by atoms with Gasteiger partial charge in [-0.3, -0.25) is 0 Å². The van der Waals surface area contributed by atoms with E-state index in [2.05, 4.69) is 29.0 Å². The average Bonchev–Trinajstić information content (AvgIpc) is 3.03. The van der Waals surface area contributed by atoms with E-state index in [4.69, 9.17) is 10.3 Å². The van der Waals surface area contributed by atoms with Crippen LogP contribution in [0.25, 0.3) is 16.2 Å². The van der Waals surface area contributed by atoms with Gasteiger partial charge in [-0.25, -0.2) is 4.98 Å².